The number of nitrogens with one attached hydrogen (secondary N) is 1. The highest BCUT2D eigenvalue weighted by Crippen LogP contribution is 2.42. The Balaban J connectivity index is 1.49. The van der Waals surface area contributed by atoms with Gasteiger partial charge in [-0.05, 0) is 37.3 Å². The summed E-state index contributed by atoms with van der Waals surface area (Å²) in [5.41, 5.74) is 3.45. The van der Waals surface area contributed by atoms with Crippen LogP contribution in [0.1, 0.15) is 41.1 Å². The SMILES string of the molecule is Cc1nc(C2(c3ccccc3)CCN(C(=O)CCc3cn[nH]c3)CC2)cs1. The lowest BCUT2D eigenvalue weighted by Crippen LogP contribution is -2.46. The zero-order valence-electron chi connectivity index (χ0n) is 15.5. The van der Waals surface area contributed by atoms with Crippen molar-refractivity contribution < 1.29 is 4.79 Å². The Morgan fingerprint density at radius 3 is 2.67 bits per heavy atom. The predicted octanol–water partition coefficient (Wildman–Crippen LogP) is 3.72. The van der Waals surface area contributed by atoms with Gasteiger partial charge in [-0.15, -0.1) is 11.3 Å². The Morgan fingerprint density at radius 1 is 1.26 bits per heavy atom. The maximum Gasteiger partial charge on any atom is 0.222 e. The number of aromatic amines is 1. The summed E-state index contributed by atoms with van der Waals surface area (Å²) in [6.45, 7) is 3.60. The fourth-order valence-corrected chi connectivity index (χ4v) is 4.71. The van der Waals surface area contributed by atoms with Gasteiger partial charge in [0.05, 0.1) is 16.9 Å². The summed E-state index contributed by atoms with van der Waals surface area (Å²) in [7, 11) is 0. The van der Waals surface area contributed by atoms with E-state index in [-0.39, 0.29) is 11.3 Å². The zero-order chi connectivity index (χ0) is 18.7. The lowest BCUT2D eigenvalue weighted by Gasteiger charge is -2.41. The van der Waals surface area contributed by atoms with E-state index >= 15 is 0 Å². The first-order valence-electron chi connectivity index (χ1n) is 9.41. The van der Waals surface area contributed by atoms with E-state index in [1.807, 2.05) is 11.1 Å². The highest BCUT2D eigenvalue weighted by atomic mass is 32.1. The molecular weight excluding hydrogens is 356 g/mol. The molecule has 1 N–H and O–H groups in total. The van der Waals surface area contributed by atoms with Gasteiger partial charge in [0.25, 0.3) is 0 Å². The number of benzene rings is 1. The quantitative estimate of drug-likeness (QED) is 0.734. The molecular formula is C21H24N4OS. The van der Waals surface area contributed by atoms with Gasteiger partial charge in [-0.2, -0.15) is 5.10 Å². The van der Waals surface area contributed by atoms with Crippen molar-refractivity contribution in [3.05, 3.63) is 69.9 Å². The first-order chi connectivity index (χ1) is 13.2. The minimum absolute atomic E-state index is 0.0899. The summed E-state index contributed by atoms with van der Waals surface area (Å²) in [5.74, 6) is 0.229. The summed E-state index contributed by atoms with van der Waals surface area (Å²) < 4.78 is 0. The number of carbonyl (C=O) groups excluding carboxylic acids is 1. The number of amides is 1. The van der Waals surface area contributed by atoms with Crippen molar-refractivity contribution in [3.8, 4) is 0 Å². The Bertz CT molecular complexity index is 880. The Labute approximate surface area is 163 Å². The molecule has 27 heavy (non-hydrogen) atoms. The fourth-order valence-electron chi connectivity index (χ4n) is 3.99. The van der Waals surface area contributed by atoms with Crippen LogP contribution in [0.5, 0.6) is 0 Å². The molecule has 1 aromatic carbocycles. The molecule has 2 aromatic heterocycles. The molecule has 1 aliphatic rings. The monoisotopic (exact) mass is 380 g/mol. The van der Waals surface area contributed by atoms with E-state index in [4.69, 9.17) is 4.98 Å². The second-order valence-electron chi connectivity index (χ2n) is 7.19. The molecule has 3 heterocycles. The zero-order valence-corrected chi connectivity index (χ0v) is 16.3. The highest BCUT2D eigenvalue weighted by Gasteiger charge is 2.40. The van der Waals surface area contributed by atoms with Gasteiger partial charge >= 0.3 is 0 Å². The molecule has 0 unspecified atom stereocenters. The summed E-state index contributed by atoms with van der Waals surface area (Å²) in [6, 6.07) is 10.6. The van der Waals surface area contributed by atoms with Crippen molar-refractivity contribution in [2.45, 2.75) is 38.0 Å². The fraction of sp³-hybridized carbons (Fsp3) is 0.381. The van der Waals surface area contributed by atoms with Gasteiger partial charge in [-0.25, -0.2) is 4.98 Å². The van der Waals surface area contributed by atoms with Gasteiger partial charge in [-0.3, -0.25) is 9.89 Å². The smallest absolute Gasteiger partial charge is 0.222 e. The van der Waals surface area contributed by atoms with Gasteiger partial charge in [0.1, 0.15) is 0 Å². The highest BCUT2D eigenvalue weighted by molar-refractivity contribution is 7.09. The number of aromatic nitrogens is 3. The van der Waals surface area contributed by atoms with E-state index in [1.165, 1.54) is 5.56 Å². The van der Waals surface area contributed by atoms with Gasteiger partial charge in [0, 0.05) is 36.5 Å². The largest absolute Gasteiger partial charge is 0.343 e. The van der Waals surface area contributed by atoms with Crippen LogP contribution in [0.4, 0.5) is 0 Å². The van der Waals surface area contributed by atoms with Crippen LogP contribution in [0.3, 0.4) is 0 Å². The maximum absolute atomic E-state index is 12.7. The van der Waals surface area contributed by atoms with Crippen molar-refractivity contribution in [1.29, 1.82) is 0 Å². The summed E-state index contributed by atoms with van der Waals surface area (Å²) in [6.07, 6.45) is 6.74. The van der Waals surface area contributed by atoms with Gasteiger partial charge in [0.2, 0.25) is 5.91 Å². The Hall–Kier alpha value is -2.47. The van der Waals surface area contributed by atoms with Crippen molar-refractivity contribution in [3.63, 3.8) is 0 Å². The summed E-state index contributed by atoms with van der Waals surface area (Å²) in [4.78, 5) is 19.5. The average molecular weight is 381 g/mol. The molecule has 0 saturated carbocycles. The van der Waals surface area contributed by atoms with Gasteiger partial charge in [0.15, 0.2) is 0 Å². The first-order valence-corrected chi connectivity index (χ1v) is 10.3. The van der Waals surface area contributed by atoms with Crippen molar-refractivity contribution in [2.24, 2.45) is 0 Å². The number of rotatable bonds is 5. The van der Waals surface area contributed by atoms with Crippen LogP contribution in [0, 0.1) is 6.92 Å². The van der Waals surface area contributed by atoms with E-state index < -0.39 is 0 Å². The summed E-state index contributed by atoms with van der Waals surface area (Å²) >= 11 is 1.70. The van der Waals surface area contributed by atoms with Crippen molar-refractivity contribution in [2.75, 3.05) is 13.1 Å². The van der Waals surface area contributed by atoms with Crippen LogP contribution in [0.25, 0.3) is 0 Å². The molecule has 140 valence electrons. The van der Waals surface area contributed by atoms with Crippen molar-refractivity contribution in [1.82, 2.24) is 20.1 Å². The first kappa shape index (κ1) is 17.9. The molecule has 5 nitrogen and oxygen atoms in total. The standard InChI is InChI=1S/C21H24N4OS/c1-16-24-19(15-27-16)21(18-5-3-2-4-6-18)9-11-25(12-10-21)20(26)8-7-17-13-22-23-14-17/h2-6,13-15H,7-12H2,1H3,(H,22,23). The molecule has 6 heteroatoms. The third-order valence-corrected chi connectivity index (χ3v) is 6.36. The second-order valence-corrected chi connectivity index (χ2v) is 8.25. The number of hydrogen-bond donors (Lipinski definition) is 1. The molecule has 0 atom stereocenters. The number of H-pyrrole nitrogens is 1. The van der Waals surface area contributed by atoms with E-state index in [2.05, 4.69) is 52.8 Å². The summed E-state index contributed by atoms with van der Waals surface area (Å²) in [5, 5.41) is 10.0. The van der Waals surface area contributed by atoms with Crippen LogP contribution in [-0.2, 0) is 16.6 Å². The van der Waals surface area contributed by atoms with Crippen LogP contribution >= 0.6 is 11.3 Å². The number of carbonyl (C=O) groups is 1. The molecule has 0 spiro atoms. The van der Waals surface area contributed by atoms with Crippen molar-refractivity contribution >= 4 is 17.2 Å². The molecule has 0 aliphatic carbocycles. The number of hydrogen-bond acceptors (Lipinski definition) is 4. The minimum atomic E-state index is -0.0899. The maximum atomic E-state index is 12.7. The lowest BCUT2D eigenvalue weighted by molar-refractivity contribution is -0.132. The van der Waals surface area contributed by atoms with Crippen LogP contribution < -0.4 is 0 Å². The number of piperidine rings is 1. The Kier molecular flexibility index (Phi) is 5.07. The molecule has 1 fully saturated rings. The molecule has 0 bridgehead atoms. The normalized spacial score (nSPS) is 16.4. The Morgan fingerprint density at radius 2 is 2.04 bits per heavy atom. The topological polar surface area (TPSA) is 61.9 Å². The van der Waals surface area contributed by atoms with E-state index in [9.17, 15) is 4.79 Å². The molecule has 1 saturated heterocycles. The van der Waals surface area contributed by atoms with E-state index in [1.54, 1.807) is 17.5 Å². The average Bonchev–Trinajstić information content (AvgIpc) is 3.39. The van der Waals surface area contributed by atoms with Gasteiger partial charge in [-0.1, -0.05) is 30.3 Å². The van der Waals surface area contributed by atoms with Crippen LogP contribution in [0.2, 0.25) is 0 Å². The van der Waals surface area contributed by atoms with E-state index in [0.717, 1.165) is 48.6 Å². The number of likely N-dealkylation sites (tertiary alicyclic amines) is 1. The lowest BCUT2D eigenvalue weighted by atomic mass is 9.70. The molecule has 0 radical (unpaired) electrons. The van der Waals surface area contributed by atoms with E-state index in [0.29, 0.717) is 6.42 Å². The van der Waals surface area contributed by atoms with Gasteiger partial charge < -0.3 is 4.90 Å². The number of aryl methyl sites for hydroxylation is 2. The minimum Gasteiger partial charge on any atom is -0.343 e. The predicted molar refractivity (Wildman–Crippen MR) is 107 cm³/mol. The molecule has 3 aromatic rings. The van der Waals surface area contributed by atoms with Crippen LogP contribution in [0.15, 0.2) is 48.1 Å². The third kappa shape index (κ3) is 3.67. The van der Waals surface area contributed by atoms with Crippen LogP contribution in [-0.4, -0.2) is 39.1 Å². The molecule has 1 amide bonds. The molecule has 1 aliphatic heterocycles. The number of thiazole rings is 1. The second kappa shape index (κ2) is 7.64. The number of nitrogens with zero attached hydrogens (tertiary/aromatic N) is 3. The third-order valence-electron chi connectivity index (χ3n) is 5.59. The molecule has 4 rings (SSSR count).